The molecule has 186 valence electrons. The number of benzene rings is 2. The number of esters is 1. The van der Waals surface area contributed by atoms with E-state index < -0.39 is 5.97 Å². The maximum Gasteiger partial charge on any atom is 0.336 e. The molecule has 0 amide bonds. The fraction of sp³-hybridized carbons (Fsp3) is 0.483. The van der Waals surface area contributed by atoms with Crippen LogP contribution in [0.4, 0.5) is 0 Å². The molecule has 0 spiro atoms. The summed E-state index contributed by atoms with van der Waals surface area (Å²) in [6.07, 6.45) is 12.4. The molecule has 0 fully saturated rings. The Kier molecular flexibility index (Phi) is 13.4. The normalized spacial score (nSPS) is 10.9. The molecule has 0 N–H and O–H groups in total. The Bertz CT molecular complexity index is 857. The predicted molar refractivity (Wildman–Crippen MR) is 138 cm³/mol. The molecule has 5 nitrogen and oxygen atoms in total. The third kappa shape index (κ3) is 10.8. The first-order chi connectivity index (χ1) is 16.7. The molecule has 0 aliphatic carbocycles. The SMILES string of the molecule is CCCCCCCOc1ccc(/C=C/C(=O)Oc2ccc(OCCCCC)cc2)cc1OCC. The van der Waals surface area contributed by atoms with Crippen molar-refractivity contribution in [2.75, 3.05) is 19.8 Å². The van der Waals surface area contributed by atoms with E-state index in [0.29, 0.717) is 31.3 Å². The van der Waals surface area contributed by atoms with Gasteiger partial charge in [-0.2, -0.15) is 0 Å². The van der Waals surface area contributed by atoms with E-state index in [2.05, 4.69) is 13.8 Å². The van der Waals surface area contributed by atoms with Crippen molar-refractivity contribution in [3.8, 4) is 23.0 Å². The van der Waals surface area contributed by atoms with Gasteiger partial charge in [0.1, 0.15) is 11.5 Å². The van der Waals surface area contributed by atoms with Gasteiger partial charge in [0.25, 0.3) is 0 Å². The summed E-state index contributed by atoms with van der Waals surface area (Å²) in [5, 5.41) is 0. The Balaban J connectivity index is 1.86. The van der Waals surface area contributed by atoms with Crippen molar-refractivity contribution in [3.05, 3.63) is 54.1 Å². The Morgan fingerprint density at radius 1 is 0.706 bits per heavy atom. The van der Waals surface area contributed by atoms with E-state index in [0.717, 1.165) is 42.7 Å². The van der Waals surface area contributed by atoms with Crippen LogP contribution >= 0.6 is 0 Å². The highest BCUT2D eigenvalue weighted by Gasteiger charge is 2.07. The average molecular weight is 469 g/mol. The summed E-state index contributed by atoms with van der Waals surface area (Å²) >= 11 is 0. The average Bonchev–Trinajstić information content (AvgIpc) is 2.85. The number of hydrogen-bond acceptors (Lipinski definition) is 5. The molecule has 2 rings (SSSR count). The van der Waals surface area contributed by atoms with Crippen LogP contribution in [0.1, 0.15) is 77.7 Å². The Hall–Kier alpha value is -2.95. The smallest absolute Gasteiger partial charge is 0.336 e. The van der Waals surface area contributed by atoms with Gasteiger partial charge >= 0.3 is 5.97 Å². The summed E-state index contributed by atoms with van der Waals surface area (Å²) < 4.78 is 22.7. The van der Waals surface area contributed by atoms with Crippen LogP contribution in [-0.2, 0) is 4.79 Å². The Morgan fingerprint density at radius 3 is 2.09 bits per heavy atom. The number of unbranched alkanes of at least 4 members (excludes halogenated alkanes) is 6. The minimum Gasteiger partial charge on any atom is -0.494 e. The monoisotopic (exact) mass is 468 g/mol. The van der Waals surface area contributed by atoms with Crippen LogP contribution in [-0.4, -0.2) is 25.8 Å². The first-order valence-corrected chi connectivity index (χ1v) is 12.7. The van der Waals surface area contributed by atoms with Crippen molar-refractivity contribution in [1.29, 1.82) is 0 Å². The molecule has 0 aromatic heterocycles. The van der Waals surface area contributed by atoms with Gasteiger partial charge in [0.2, 0.25) is 0 Å². The fourth-order valence-electron chi connectivity index (χ4n) is 3.36. The van der Waals surface area contributed by atoms with Gasteiger partial charge in [0.05, 0.1) is 19.8 Å². The van der Waals surface area contributed by atoms with Gasteiger partial charge in [0, 0.05) is 6.08 Å². The topological polar surface area (TPSA) is 54.0 Å². The van der Waals surface area contributed by atoms with E-state index in [-0.39, 0.29) is 0 Å². The molecule has 0 radical (unpaired) electrons. The van der Waals surface area contributed by atoms with Crippen molar-refractivity contribution in [2.24, 2.45) is 0 Å². The third-order valence-corrected chi connectivity index (χ3v) is 5.24. The number of carbonyl (C=O) groups is 1. The number of rotatable bonds is 17. The lowest BCUT2D eigenvalue weighted by molar-refractivity contribution is -0.128. The minimum atomic E-state index is -0.443. The van der Waals surface area contributed by atoms with Crippen molar-refractivity contribution >= 4 is 12.0 Å². The summed E-state index contributed by atoms with van der Waals surface area (Å²) in [5.74, 6) is 2.23. The molecular formula is C29H40O5. The first-order valence-electron chi connectivity index (χ1n) is 12.7. The van der Waals surface area contributed by atoms with Gasteiger partial charge in [0.15, 0.2) is 11.5 Å². The second-order valence-corrected chi connectivity index (χ2v) is 8.18. The van der Waals surface area contributed by atoms with Crippen molar-refractivity contribution < 1.29 is 23.7 Å². The lowest BCUT2D eigenvalue weighted by Gasteiger charge is -2.12. The predicted octanol–water partition coefficient (Wildman–Crippen LogP) is 7.62. The van der Waals surface area contributed by atoms with Gasteiger partial charge in [-0.05, 0) is 67.8 Å². The number of ether oxygens (including phenoxy) is 4. The van der Waals surface area contributed by atoms with Gasteiger partial charge < -0.3 is 18.9 Å². The quantitative estimate of drug-likeness (QED) is 0.103. The first kappa shape index (κ1) is 27.3. The molecule has 34 heavy (non-hydrogen) atoms. The van der Waals surface area contributed by atoms with Crippen molar-refractivity contribution in [3.63, 3.8) is 0 Å². The van der Waals surface area contributed by atoms with Crippen LogP contribution in [0.3, 0.4) is 0 Å². The maximum atomic E-state index is 12.2. The van der Waals surface area contributed by atoms with Crippen molar-refractivity contribution in [1.82, 2.24) is 0 Å². The highest BCUT2D eigenvalue weighted by atomic mass is 16.5. The lowest BCUT2D eigenvalue weighted by Crippen LogP contribution is -2.04. The van der Waals surface area contributed by atoms with E-state index >= 15 is 0 Å². The molecule has 0 atom stereocenters. The molecule has 0 bridgehead atoms. The van der Waals surface area contributed by atoms with Crippen LogP contribution < -0.4 is 18.9 Å². The molecule has 0 heterocycles. The molecule has 2 aromatic rings. The Labute approximate surface area is 205 Å². The van der Waals surface area contributed by atoms with E-state index in [9.17, 15) is 4.79 Å². The van der Waals surface area contributed by atoms with E-state index in [1.165, 1.54) is 31.8 Å². The fourth-order valence-corrected chi connectivity index (χ4v) is 3.36. The zero-order chi connectivity index (χ0) is 24.4. The zero-order valence-corrected chi connectivity index (χ0v) is 21.0. The number of hydrogen-bond donors (Lipinski definition) is 0. The lowest BCUT2D eigenvalue weighted by atomic mass is 10.1. The molecule has 0 saturated carbocycles. The van der Waals surface area contributed by atoms with E-state index in [1.54, 1.807) is 18.2 Å². The van der Waals surface area contributed by atoms with Crippen LogP contribution in [0, 0.1) is 0 Å². The van der Waals surface area contributed by atoms with Gasteiger partial charge in [-0.3, -0.25) is 0 Å². The van der Waals surface area contributed by atoms with Gasteiger partial charge in [-0.15, -0.1) is 0 Å². The largest absolute Gasteiger partial charge is 0.494 e. The highest BCUT2D eigenvalue weighted by molar-refractivity contribution is 5.88. The molecule has 0 aliphatic rings. The van der Waals surface area contributed by atoms with E-state index in [1.807, 2.05) is 37.3 Å². The molecule has 2 aromatic carbocycles. The van der Waals surface area contributed by atoms with Gasteiger partial charge in [-0.1, -0.05) is 58.4 Å². The molecule has 5 heteroatoms. The van der Waals surface area contributed by atoms with Crippen LogP contribution in [0.2, 0.25) is 0 Å². The molecular weight excluding hydrogens is 428 g/mol. The van der Waals surface area contributed by atoms with Crippen LogP contribution in [0.25, 0.3) is 6.08 Å². The summed E-state index contributed by atoms with van der Waals surface area (Å²) in [4.78, 5) is 12.2. The second-order valence-electron chi connectivity index (χ2n) is 8.18. The van der Waals surface area contributed by atoms with E-state index in [4.69, 9.17) is 18.9 Å². The van der Waals surface area contributed by atoms with Gasteiger partial charge in [-0.25, -0.2) is 4.79 Å². The standard InChI is InChI=1S/C29H40O5/c1-4-7-9-10-12-22-33-27-19-13-24(23-28(27)31-6-3)14-20-29(30)34-26-17-15-25(16-18-26)32-21-11-8-5-2/h13-20,23H,4-12,21-22H2,1-3H3/b20-14+. The Morgan fingerprint density at radius 2 is 1.35 bits per heavy atom. The minimum absolute atomic E-state index is 0.443. The molecule has 0 unspecified atom stereocenters. The summed E-state index contributed by atoms with van der Waals surface area (Å²) in [6, 6.07) is 12.8. The maximum absolute atomic E-state index is 12.2. The molecule has 0 aliphatic heterocycles. The third-order valence-electron chi connectivity index (χ3n) is 5.24. The number of carbonyl (C=O) groups excluding carboxylic acids is 1. The van der Waals surface area contributed by atoms with Crippen molar-refractivity contribution in [2.45, 2.75) is 72.1 Å². The second kappa shape index (κ2) is 16.6. The summed E-state index contributed by atoms with van der Waals surface area (Å²) in [7, 11) is 0. The van der Waals surface area contributed by atoms with Crippen LogP contribution in [0.5, 0.6) is 23.0 Å². The summed E-state index contributed by atoms with van der Waals surface area (Å²) in [6.45, 7) is 8.23. The van der Waals surface area contributed by atoms with Crippen LogP contribution in [0.15, 0.2) is 48.5 Å². The zero-order valence-electron chi connectivity index (χ0n) is 21.0. The highest BCUT2D eigenvalue weighted by Crippen LogP contribution is 2.29. The molecule has 0 saturated heterocycles. The summed E-state index contributed by atoms with van der Waals surface area (Å²) in [5.41, 5.74) is 0.839.